The Morgan fingerprint density at radius 2 is 2.04 bits per heavy atom. The van der Waals surface area contributed by atoms with Gasteiger partial charge in [0, 0.05) is 36.7 Å². The Morgan fingerprint density at radius 3 is 2.68 bits per heavy atom. The van der Waals surface area contributed by atoms with Gasteiger partial charge in [-0.2, -0.15) is 0 Å². The van der Waals surface area contributed by atoms with Gasteiger partial charge in [-0.15, -0.1) is 11.3 Å². The van der Waals surface area contributed by atoms with Crippen LogP contribution in [0.15, 0.2) is 40.8 Å². The number of hydrogen-bond donors (Lipinski definition) is 0. The lowest BCUT2D eigenvalue weighted by molar-refractivity contribution is -0.384. The number of thiophene rings is 1. The van der Waals surface area contributed by atoms with Crippen LogP contribution in [0.4, 0.5) is 5.69 Å². The second kappa shape index (κ2) is 8.30. The summed E-state index contributed by atoms with van der Waals surface area (Å²) in [6, 6.07) is 6.03. The van der Waals surface area contributed by atoms with Crippen LogP contribution in [0.25, 0.3) is 21.3 Å². The van der Waals surface area contributed by atoms with Gasteiger partial charge in [0.25, 0.3) is 11.2 Å². The molecule has 0 spiro atoms. The summed E-state index contributed by atoms with van der Waals surface area (Å²) in [5.74, 6) is -0.149. The number of non-ortho nitro benzene ring substituents is 1. The fourth-order valence-electron chi connectivity index (χ4n) is 2.84. The largest absolute Gasteiger partial charge is 0.344 e. The molecule has 0 aliphatic carbocycles. The molecule has 0 unspecified atom stereocenters. The first-order valence-corrected chi connectivity index (χ1v) is 9.75. The maximum Gasteiger partial charge on any atom is 0.269 e. The number of nitro groups is 1. The Kier molecular flexibility index (Phi) is 5.84. The van der Waals surface area contributed by atoms with Gasteiger partial charge in [0.2, 0.25) is 5.91 Å². The zero-order valence-electron chi connectivity index (χ0n) is 15.6. The molecule has 1 aromatic carbocycles. The van der Waals surface area contributed by atoms with Gasteiger partial charge in [0.05, 0.1) is 16.6 Å². The molecule has 9 heteroatoms. The summed E-state index contributed by atoms with van der Waals surface area (Å²) in [6.45, 7) is 2.63. The van der Waals surface area contributed by atoms with Gasteiger partial charge in [0.15, 0.2) is 0 Å². The Hall–Kier alpha value is -3.07. The molecule has 0 saturated carbocycles. The zero-order valence-corrected chi connectivity index (χ0v) is 16.4. The highest BCUT2D eigenvalue weighted by atomic mass is 32.1. The lowest BCUT2D eigenvalue weighted by Gasteiger charge is -2.17. The highest BCUT2D eigenvalue weighted by Gasteiger charge is 2.16. The van der Waals surface area contributed by atoms with Crippen molar-refractivity contribution < 1.29 is 9.72 Å². The number of amides is 1. The van der Waals surface area contributed by atoms with Crippen LogP contribution >= 0.6 is 11.3 Å². The predicted octanol–water partition coefficient (Wildman–Crippen LogP) is 3.29. The quantitative estimate of drug-likeness (QED) is 0.448. The van der Waals surface area contributed by atoms with Crippen molar-refractivity contribution in [2.24, 2.45) is 0 Å². The van der Waals surface area contributed by atoms with Crippen LogP contribution in [-0.4, -0.2) is 38.9 Å². The van der Waals surface area contributed by atoms with Crippen LogP contribution in [0.2, 0.25) is 0 Å². The Labute approximate surface area is 165 Å². The molecule has 0 radical (unpaired) electrons. The van der Waals surface area contributed by atoms with Crippen molar-refractivity contribution in [1.82, 2.24) is 14.5 Å². The van der Waals surface area contributed by atoms with E-state index in [9.17, 15) is 19.7 Å². The number of likely N-dealkylation sites (N-methyl/N-ethyl adjacent to an activating group) is 1. The van der Waals surface area contributed by atoms with E-state index in [1.165, 1.54) is 34.4 Å². The van der Waals surface area contributed by atoms with Crippen molar-refractivity contribution in [2.45, 2.75) is 26.3 Å². The number of rotatable bonds is 7. The first-order chi connectivity index (χ1) is 13.4. The van der Waals surface area contributed by atoms with E-state index in [2.05, 4.69) is 11.9 Å². The first kappa shape index (κ1) is 19.7. The number of unbranched alkanes of at least 4 members (excludes halogenated alkanes) is 1. The predicted molar refractivity (Wildman–Crippen MR) is 109 cm³/mol. The van der Waals surface area contributed by atoms with E-state index in [1.807, 2.05) is 0 Å². The molecule has 3 aromatic rings. The third kappa shape index (κ3) is 3.94. The summed E-state index contributed by atoms with van der Waals surface area (Å²) < 4.78 is 1.31. The van der Waals surface area contributed by atoms with Crippen LogP contribution in [0.1, 0.15) is 19.8 Å². The molecule has 0 fully saturated rings. The van der Waals surface area contributed by atoms with Crippen LogP contribution in [0.5, 0.6) is 0 Å². The van der Waals surface area contributed by atoms with Gasteiger partial charge < -0.3 is 4.90 Å². The number of carbonyl (C=O) groups excluding carboxylic acids is 1. The van der Waals surface area contributed by atoms with E-state index in [0.29, 0.717) is 27.9 Å². The normalized spacial score (nSPS) is 10.9. The first-order valence-electron chi connectivity index (χ1n) is 8.87. The van der Waals surface area contributed by atoms with Crippen molar-refractivity contribution >= 4 is 33.1 Å². The van der Waals surface area contributed by atoms with Crippen LogP contribution in [-0.2, 0) is 11.3 Å². The number of fused-ring (bicyclic) bond motifs is 1. The number of carbonyl (C=O) groups is 1. The Balaban J connectivity index is 1.95. The number of nitrogens with zero attached hydrogens (tertiary/aromatic N) is 4. The summed E-state index contributed by atoms with van der Waals surface area (Å²) in [4.78, 5) is 42.2. The second-order valence-corrected chi connectivity index (χ2v) is 7.34. The van der Waals surface area contributed by atoms with Gasteiger partial charge in [0.1, 0.15) is 11.4 Å². The highest BCUT2D eigenvalue weighted by molar-refractivity contribution is 7.17. The monoisotopic (exact) mass is 400 g/mol. The van der Waals surface area contributed by atoms with Crippen molar-refractivity contribution in [3.05, 3.63) is 56.4 Å². The summed E-state index contributed by atoms with van der Waals surface area (Å²) in [6.07, 6.45) is 3.29. The number of hydrogen-bond acceptors (Lipinski definition) is 6. The highest BCUT2D eigenvalue weighted by Crippen LogP contribution is 2.31. The minimum absolute atomic E-state index is 0.0143. The molecule has 0 atom stereocenters. The molecule has 0 saturated heterocycles. The van der Waals surface area contributed by atoms with Crippen LogP contribution < -0.4 is 5.56 Å². The van der Waals surface area contributed by atoms with Gasteiger partial charge in [-0.3, -0.25) is 24.3 Å². The maximum absolute atomic E-state index is 13.0. The summed E-state index contributed by atoms with van der Waals surface area (Å²) in [7, 11) is 1.72. The van der Waals surface area contributed by atoms with E-state index in [0.717, 1.165) is 12.8 Å². The van der Waals surface area contributed by atoms with Gasteiger partial charge in [-0.25, -0.2) is 4.98 Å². The lowest BCUT2D eigenvalue weighted by Crippen LogP contribution is -2.34. The van der Waals surface area contributed by atoms with E-state index < -0.39 is 4.92 Å². The SMILES string of the molecule is CCCCN(C)C(=O)Cn1cnc2scc(-c3ccc([N+](=O)[O-])cc3)c2c1=O. The zero-order chi connectivity index (χ0) is 20.3. The second-order valence-electron chi connectivity index (χ2n) is 6.48. The van der Waals surface area contributed by atoms with Crippen molar-refractivity contribution in [3.63, 3.8) is 0 Å². The van der Waals surface area contributed by atoms with Gasteiger partial charge >= 0.3 is 0 Å². The fraction of sp³-hybridized carbons (Fsp3) is 0.316. The minimum atomic E-state index is -0.468. The van der Waals surface area contributed by atoms with Crippen molar-refractivity contribution in [2.75, 3.05) is 13.6 Å². The Bertz CT molecular complexity index is 1070. The Morgan fingerprint density at radius 1 is 1.32 bits per heavy atom. The van der Waals surface area contributed by atoms with E-state index in [1.54, 1.807) is 29.5 Å². The van der Waals surface area contributed by atoms with Crippen LogP contribution in [0.3, 0.4) is 0 Å². The molecule has 28 heavy (non-hydrogen) atoms. The molecule has 0 aliphatic rings. The molecule has 8 nitrogen and oxygen atoms in total. The summed E-state index contributed by atoms with van der Waals surface area (Å²) >= 11 is 1.32. The molecule has 2 aromatic heterocycles. The number of nitro benzene ring substituents is 1. The van der Waals surface area contributed by atoms with Crippen molar-refractivity contribution in [1.29, 1.82) is 0 Å². The topological polar surface area (TPSA) is 98.3 Å². The average Bonchev–Trinajstić information content (AvgIpc) is 3.13. The molecule has 0 N–H and O–H groups in total. The number of aromatic nitrogens is 2. The molecule has 3 rings (SSSR count). The third-order valence-corrected chi connectivity index (χ3v) is 5.41. The fourth-order valence-corrected chi connectivity index (χ4v) is 3.75. The molecular weight excluding hydrogens is 380 g/mol. The lowest BCUT2D eigenvalue weighted by atomic mass is 10.1. The minimum Gasteiger partial charge on any atom is -0.344 e. The summed E-state index contributed by atoms with van der Waals surface area (Å²) in [5, 5.41) is 13.1. The molecule has 2 heterocycles. The van der Waals surface area contributed by atoms with Crippen LogP contribution in [0, 0.1) is 10.1 Å². The van der Waals surface area contributed by atoms with E-state index in [-0.39, 0.29) is 23.7 Å². The van der Waals surface area contributed by atoms with Gasteiger partial charge in [-0.1, -0.05) is 13.3 Å². The van der Waals surface area contributed by atoms with Gasteiger partial charge in [-0.05, 0) is 24.1 Å². The molecule has 0 bridgehead atoms. The van der Waals surface area contributed by atoms with E-state index in [4.69, 9.17) is 0 Å². The third-order valence-electron chi connectivity index (χ3n) is 4.53. The average molecular weight is 400 g/mol. The molecular formula is C19H20N4O4S. The number of benzene rings is 1. The molecule has 0 aliphatic heterocycles. The van der Waals surface area contributed by atoms with Crippen molar-refractivity contribution in [3.8, 4) is 11.1 Å². The molecule has 146 valence electrons. The summed E-state index contributed by atoms with van der Waals surface area (Å²) in [5.41, 5.74) is 1.05. The van der Waals surface area contributed by atoms with E-state index >= 15 is 0 Å². The standard InChI is InChI=1S/C19H20N4O4S/c1-3-4-9-21(2)16(24)10-22-12-20-18-17(19(22)25)15(11-28-18)13-5-7-14(8-6-13)23(26)27/h5-8,11-12H,3-4,9-10H2,1-2H3. The smallest absolute Gasteiger partial charge is 0.269 e. The maximum atomic E-state index is 13.0. The molecule has 1 amide bonds.